The lowest BCUT2D eigenvalue weighted by atomic mass is 10.1. The summed E-state index contributed by atoms with van der Waals surface area (Å²) >= 11 is 0. The molecule has 1 unspecified atom stereocenters. The molecule has 0 saturated carbocycles. The molecule has 0 saturated heterocycles. The third-order valence-electron chi connectivity index (χ3n) is 5.79. The van der Waals surface area contributed by atoms with Gasteiger partial charge in [0.1, 0.15) is 11.7 Å². The molecule has 2 aromatic heterocycles. The van der Waals surface area contributed by atoms with Gasteiger partial charge in [-0.2, -0.15) is 0 Å². The number of hydrogen-bond donors (Lipinski definition) is 0. The number of nitrogens with zero attached hydrogens (tertiary/aromatic N) is 4. The van der Waals surface area contributed by atoms with Crippen molar-refractivity contribution in [1.29, 1.82) is 0 Å². The number of anilines is 4. The number of furan rings is 1. The van der Waals surface area contributed by atoms with Crippen molar-refractivity contribution in [3.05, 3.63) is 84.7 Å². The molecule has 0 amide bonds. The first-order valence-corrected chi connectivity index (χ1v) is 10.1. The van der Waals surface area contributed by atoms with Crippen LogP contribution in [0.25, 0.3) is 21.9 Å². The van der Waals surface area contributed by atoms with Crippen molar-refractivity contribution in [2.24, 2.45) is 0 Å². The minimum absolute atomic E-state index is 0.0111. The van der Waals surface area contributed by atoms with E-state index < -0.39 is 0 Å². The molecule has 5 heteroatoms. The van der Waals surface area contributed by atoms with Gasteiger partial charge in [0, 0.05) is 28.9 Å². The molecule has 0 aliphatic carbocycles. The van der Waals surface area contributed by atoms with Crippen molar-refractivity contribution in [3.8, 4) is 0 Å². The molecule has 1 aliphatic heterocycles. The van der Waals surface area contributed by atoms with Gasteiger partial charge >= 0.3 is 0 Å². The number of fused-ring (bicyclic) bond motifs is 4. The Balaban J connectivity index is 1.59. The quantitative estimate of drug-likeness (QED) is 0.352. The van der Waals surface area contributed by atoms with Gasteiger partial charge in [0.05, 0.1) is 5.69 Å². The number of aromatic nitrogens is 2. The molecule has 5 nitrogen and oxygen atoms in total. The van der Waals surface area contributed by atoms with Gasteiger partial charge in [-0.15, -0.1) is 0 Å². The smallest absolute Gasteiger partial charge is 0.178 e. The maximum absolute atomic E-state index is 6.31. The van der Waals surface area contributed by atoms with Crippen molar-refractivity contribution < 1.29 is 4.42 Å². The summed E-state index contributed by atoms with van der Waals surface area (Å²) in [6.07, 6.45) is 3.49. The van der Waals surface area contributed by atoms with E-state index >= 15 is 0 Å². The van der Waals surface area contributed by atoms with Gasteiger partial charge in [0.15, 0.2) is 17.2 Å². The highest BCUT2D eigenvalue weighted by Crippen LogP contribution is 2.47. The number of benzene rings is 3. The Morgan fingerprint density at radius 2 is 1.53 bits per heavy atom. The summed E-state index contributed by atoms with van der Waals surface area (Å²) in [4.78, 5) is 13.8. The van der Waals surface area contributed by atoms with Crippen molar-refractivity contribution >= 4 is 44.9 Å². The zero-order chi connectivity index (χ0) is 20.2. The molecule has 0 N–H and O–H groups in total. The van der Waals surface area contributed by atoms with Crippen LogP contribution >= 0.6 is 0 Å². The maximum Gasteiger partial charge on any atom is 0.178 e. The van der Waals surface area contributed by atoms with Crippen LogP contribution in [-0.2, 0) is 0 Å². The number of para-hydroxylation sites is 2. The van der Waals surface area contributed by atoms with Crippen LogP contribution in [0.2, 0.25) is 0 Å². The lowest BCUT2D eigenvalue weighted by molar-refractivity contribution is 0.663. The molecule has 146 valence electrons. The molecular formula is C25H20N4O. The summed E-state index contributed by atoms with van der Waals surface area (Å²) < 4.78 is 6.31. The Labute approximate surface area is 174 Å². The summed E-state index contributed by atoms with van der Waals surface area (Å²) in [6, 6.07) is 22.9. The van der Waals surface area contributed by atoms with Crippen LogP contribution in [0.4, 0.5) is 23.0 Å². The molecule has 3 heterocycles. The van der Waals surface area contributed by atoms with E-state index in [1.807, 2.05) is 18.2 Å². The molecule has 1 aliphatic rings. The number of aryl methyl sites for hydroxylation is 1. The van der Waals surface area contributed by atoms with Gasteiger partial charge in [0.25, 0.3) is 0 Å². The first kappa shape index (κ1) is 17.0. The molecule has 1 atom stereocenters. The Bertz CT molecular complexity index is 1410. The molecule has 6 rings (SSSR count). The van der Waals surface area contributed by atoms with Crippen molar-refractivity contribution in [2.45, 2.75) is 20.0 Å². The van der Waals surface area contributed by atoms with Gasteiger partial charge < -0.3 is 9.32 Å². The molecular weight excluding hydrogens is 372 g/mol. The van der Waals surface area contributed by atoms with Crippen LogP contribution in [-0.4, -0.2) is 16.1 Å². The topological polar surface area (TPSA) is 45.4 Å². The largest absolute Gasteiger partial charge is 0.454 e. The van der Waals surface area contributed by atoms with Crippen LogP contribution in [0.5, 0.6) is 0 Å². The third kappa shape index (κ3) is 2.35. The summed E-state index contributed by atoms with van der Waals surface area (Å²) in [5.41, 5.74) is 5.06. The lowest BCUT2D eigenvalue weighted by Crippen LogP contribution is -2.35. The SMILES string of the molecule is Cc1cccc(N2c3nccnc3N(c3cccc4c3oc3ccccc34)C2C)c1. The van der Waals surface area contributed by atoms with Crippen molar-refractivity contribution in [3.63, 3.8) is 0 Å². The van der Waals surface area contributed by atoms with Crippen LogP contribution < -0.4 is 9.80 Å². The molecule has 0 radical (unpaired) electrons. The number of hydrogen-bond acceptors (Lipinski definition) is 5. The zero-order valence-corrected chi connectivity index (χ0v) is 16.8. The van der Waals surface area contributed by atoms with E-state index in [0.29, 0.717) is 0 Å². The normalized spacial score (nSPS) is 15.9. The first-order chi connectivity index (χ1) is 14.7. The van der Waals surface area contributed by atoms with Gasteiger partial charge in [-0.25, -0.2) is 9.97 Å². The summed E-state index contributed by atoms with van der Waals surface area (Å²) in [6.45, 7) is 4.28. The fourth-order valence-corrected chi connectivity index (χ4v) is 4.49. The van der Waals surface area contributed by atoms with E-state index in [4.69, 9.17) is 9.40 Å². The Kier molecular flexibility index (Phi) is 3.59. The fourth-order valence-electron chi connectivity index (χ4n) is 4.49. The van der Waals surface area contributed by atoms with Gasteiger partial charge in [-0.05, 0) is 43.7 Å². The van der Waals surface area contributed by atoms with E-state index in [1.54, 1.807) is 12.4 Å². The highest BCUT2D eigenvalue weighted by atomic mass is 16.3. The van der Waals surface area contributed by atoms with Gasteiger partial charge in [0.2, 0.25) is 0 Å². The van der Waals surface area contributed by atoms with E-state index in [0.717, 1.165) is 44.9 Å². The molecule has 0 bridgehead atoms. The standard InChI is InChI=1S/C25H20N4O/c1-16-7-5-8-18(15-16)28-17(2)29(25-24(28)26-13-14-27-25)21-11-6-10-20-19-9-3-4-12-22(19)30-23(20)21/h3-15,17H,1-2H3. The number of rotatable bonds is 2. The first-order valence-electron chi connectivity index (χ1n) is 10.1. The van der Waals surface area contributed by atoms with Crippen LogP contribution in [0.1, 0.15) is 12.5 Å². The average molecular weight is 392 g/mol. The van der Waals surface area contributed by atoms with Gasteiger partial charge in [-0.1, -0.05) is 42.5 Å². The Morgan fingerprint density at radius 1 is 0.800 bits per heavy atom. The minimum atomic E-state index is -0.0111. The second kappa shape index (κ2) is 6.32. The van der Waals surface area contributed by atoms with E-state index in [2.05, 4.69) is 77.2 Å². The molecule has 3 aromatic carbocycles. The maximum atomic E-state index is 6.31. The molecule has 30 heavy (non-hydrogen) atoms. The van der Waals surface area contributed by atoms with Crippen LogP contribution in [0.15, 0.2) is 83.5 Å². The van der Waals surface area contributed by atoms with E-state index in [9.17, 15) is 0 Å². The predicted octanol–water partition coefficient (Wildman–Crippen LogP) is 6.32. The van der Waals surface area contributed by atoms with Gasteiger partial charge in [-0.3, -0.25) is 4.90 Å². The highest BCUT2D eigenvalue weighted by molar-refractivity contribution is 6.10. The second-order valence-electron chi connectivity index (χ2n) is 7.67. The highest BCUT2D eigenvalue weighted by Gasteiger charge is 2.38. The Hall–Kier alpha value is -3.86. The zero-order valence-electron chi connectivity index (χ0n) is 16.8. The van der Waals surface area contributed by atoms with Crippen LogP contribution in [0.3, 0.4) is 0 Å². The van der Waals surface area contributed by atoms with E-state index in [1.165, 1.54) is 5.56 Å². The lowest BCUT2D eigenvalue weighted by Gasteiger charge is -2.29. The van der Waals surface area contributed by atoms with Crippen molar-refractivity contribution in [1.82, 2.24) is 9.97 Å². The van der Waals surface area contributed by atoms with Crippen LogP contribution in [0, 0.1) is 6.92 Å². The molecule has 0 fully saturated rings. The average Bonchev–Trinajstić information content (AvgIpc) is 3.28. The fraction of sp³-hybridized carbons (Fsp3) is 0.120. The molecule has 0 spiro atoms. The monoisotopic (exact) mass is 392 g/mol. The third-order valence-corrected chi connectivity index (χ3v) is 5.79. The summed E-state index contributed by atoms with van der Waals surface area (Å²) in [5.74, 6) is 1.68. The predicted molar refractivity (Wildman–Crippen MR) is 121 cm³/mol. The molecule has 5 aromatic rings. The van der Waals surface area contributed by atoms with Crippen molar-refractivity contribution in [2.75, 3.05) is 9.80 Å². The summed E-state index contributed by atoms with van der Waals surface area (Å²) in [5, 5.41) is 2.23. The second-order valence-corrected chi connectivity index (χ2v) is 7.67. The Morgan fingerprint density at radius 3 is 2.37 bits per heavy atom. The van der Waals surface area contributed by atoms with E-state index in [-0.39, 0.29) is 6.17 Å². The minimum Gasteiger partial charge on any atom is -0.454 e. The summed E-state index contributed by atoms with van der Waals surface area (Å²) in [7, 11) is 0.